The molecule has 7 atom stereocenters. The average molecular weight is 1300 g/mol. The average Bonchev–Trinajstić information content (AvgIpc) is 0.791. The molecule has 0 radical (unpaired) electrons. The van der Waals surface area contributed by atoms with Crippen molar-refractivity contribution in [3.05, 3.63) is 132 Å². The fourth-order valence-electron chi connectivity index (χ4n) is 11.8. The van der Waals surface area contributed by atoms with Crippen molar-refractivity contribution >= 4 is 31.6 Å². The zero-order valence-electron chi connectivity index (χ0n) is 56.1. The largest absolute Gasteiger partial charge is 0.588 e. The molecule has 1 saturated heterocycles. The third kappa shape index (κ3) is 33.5. The molecule has 1 aliphatic rings. The summed E-state index contributed by atoms with van der Waals surface area (Å²) < 4.78 is 81.7. The first kappa shape index (κ1) is 77.1. The van der Waals surface area contributed by atoms with Gasteiger partial charge in [0.2, 0.25) is 5.91 Å². The van der Waals surface area contributed by atoms with Crippen LogP contribution in [0.3, 0.4) is 0 Å². The third-order valence-corrected chi connectivity index (χ3v) is 18.4. The zero-order valence-corrected chi connectivity index (χ0v) is 57.0. The number of para-hydroxylation sites is 2. The predicted octanol–water partition coefficient (Wildman–Crippen LogP) is 19.7. The number of esters is 3. The van der Waals surface area contributed by atoms with Gasteiger partial charge in [0, 0.05) is 6.42 Å². The van der Waals surface area contributed by atoms with E-state index in [1.165, 1.54) is 103 Å². The second kappa shape index (κ2) is 48.2. The Hall–Kier alpha value is -5.60. The van der Waals surface area contributed by atoms with Crippen LogP contribution in [0.15, 0.2) is 121 Å². The second-order valence-corrected chi connectivity index (χ2v) is 26.5. The van der Waals surface area contributed by atoms with E-state index in [0.717, 1.165) is 81.8 Å². The highest BCUT2D eigenvalue weighted by molar-refractivity contribution is 7.49. The lowest BCUT2D eigenvalue weighted by atomic mass is 9.90. The SMILES string of the molecule is CCCCCCCCCCCCCC(=O)O[C@H](CCCCCCCCCCC)CC(=O)O[C@@H]1[C@@H](NC(=O)C[C@@H](CCCCCCCCCCC)OCc2ccccc2)[C@@H](CC(=O)OCc2ccccc2)O[C@H](CF)[C@H]1OP(=O)(Oc1ccccc1)Oc1ccccc1. The van der Waals surface area contributed by atoms with Crippen molar-refractivity contribution in [2.24, 2.45) is 0 Å². The van der Waals surface area contributed by atoms with Crippen LogP contribution in [0.1, 0.15) is 257 Å². The maximum atomic E-state index is 16.1. The number of unbranched alkanes of at least 4 members (excludes halogenated alkanes) is 26. The Bertz CT molecular complexity index is 2540. The lowest BCUT2D eigenvalue weighted by Crippen LogP contribution is -2.66. The molecular formula is C76H113FNO13P. The van der Waals surface area contributed by atoms with E-state index in [9.17, 15) is 14.4 Å². The summed E-state index contributed by atoms with van der Waals surface area (Å²) in [5.41, 5.74) is 1.65. The van der Waals surface area contributed by atoms with E-state index in [0.29, 0.717) is 25.7 Å². The van der Waals surface area contributed by atoms with Gasteiger partial charge in [-0.3, -0.25) is 23.7 Å². The van der Waals surface area contributed by atoms with Gasteiger partial charge in [-0.1, -0.05) is 291 Å². The molecule has 1 heterocycles. The fourth-order valence-corrected chi connectivity index (χ4v) is 13.2. The first-order valence-electron chi connectivity index (χ1n) is 35.5. The summed E-state index contributed by atoms with van der Waals surface area (Å²) in [5.74, 6) is -2.40. The summed E-state index contributed by atoms with van der Waals surface area (Å²) in [6, 6.07) is 33.6. The van der Waals surface area contributed by atoms with Crippen LogP contribution < -0.4 is 14.4 Å². The summed E-state index contributed by atoms with van der Waals surface area (Å²) in [6.07, 6.45) is 24.0. The minimum absolute atomic E-state index is 0.0839. The van der Waals surface area contributed by atoms with Gasteiger partial charge < -0.3 is 38.0 Å². The standard InChI is InChI=1S/C76H113FNO13P/c1-4-7-10-13-16-19-20-23-26-29-44-55-71(80)86-67(54-39-28-25-22-18-15-12-9-6-3)57-73(82)88-76-74(78-70(79)56-66(84-60-62-45-34-30-35-46-62)53-38-27-24-21-17-14-11-8-5-2)68(58-72(81)85-61-63-47-36-31-37-48-63)87-69(59-77)75(76)91-92(83,89-64-49-40-32-41-50-64)90-65-51-42-33-43-52-65/h30-37,40-43,45-52,66-69,74-76H,4-29,38-39,44,53-61H2,1-3H3,(H,78,79)/t66-,67-,68-,69-,74+,75-,76-/m1/s1. The fraction of sp³-hybridized carbons (Fsp3) is 0.632. The van der Waals surface area contributed by atoms with E-state index in [4.69, 9.17) is 37.3 Å². The van der Waals surface area contributed by atoms with Gasteiger partial charge >= 0.3 is 25.7 Å². The van der Waals surface area contributed by atoms with Crippen LogP contribution in [0, 0.1) is 0 Å². The first-order valence-corrected chi connectivity index (χ1v) is 37.0. The van der Waals surface area contributed by atoms with Crippen LogP contribution in [0.2, 0.25) is 0 Å². The normalized spacial score (nSPS) is 17.1. The van der Waals surface area contributed by atoms with Gasteiger partial charge in [-0.2, -0.15) is 0 Å². The Morgan fingerprint density at radius 3 is 1.37 bits per heavy atom. The van der Waals surface area contributed by atoms with Crippen molar-refractivity contribution in [2.75, 3.05) is 6.67 Å². The lowest BCUT2D eigenvalue weighted by Gasteiger charge is -2.45. The number of benzene rings is 4. The van der Waals surface area contributed by atoms with Crippen LogP contribution in [0.25, 0.3) is 0 Å². The molecule has 0 bridgehead atoms. The number of alkyl halides is 1. The van der Waals surface area contributed by atoms with Gasteiger partial charge in [-0.15, -0.1) is 0 Å². The van der Waals surface area contributed by atoms with E-state index >= 15 is 13.8 Å². The maximum absolute atomic E-state index is 16.1. The molecule has 1 amide bonds. The quantitative estimate of drug-likeness (QED) is 0.0192. The summed E-state index contributed by atoms with van der Waals surface area (Å²) in [4.78, 5) is 57.9. The van der Waals surface area contributed by atoms with Crippen LogP contribution in [-0.2, 0) is 65.2 Å². The van der Waals surface area contributed by atoms with E-state index in [1.807, 2.05) is 48.5 Å². The van der Waals surface area contributed by atoms with Crippen LogP contribution in [0.4, 0.5) is 4.39 Å². The Labute approximate surface area is 551 Å². The van der Waals surface area contributed by atoms with Crippen molar-refractivity contribution in [2.45, 2.75) is 301 Å². The Morgan fingerprint density at radius 1 is 0.478 bits per heavy atom. The number of amides is 1. The summed E-state index contributed by atoms with van der Waals surface area (Å²) in [7, 11) is -4.94. The van der Waals surface area contributed by atoms with Crippen LogP contribution in [-0.4, -0.2) is 73.2 Å². The van der Waals surface area contributed by atoms with Crippen molar-refractivity contribution in [3.8, 4) is 11.5 Å². The molecule has 0 aliphatic carbocycles. The van der Waals surface area contributed by atoms with Gasteiger partial charge in [0.15, 0.2) is 6.10 Å². The minimum atomic E-state index is -4.94. The zero-order chi connectivity index (χ0) is 65.5. The molecule has 1 aliphatic heterocycles. The molecule has 0 saturated carbocycles. The molecule has 92 heavy (non-hydrogen) atoms. The number of ether oxygens (including phenoxy) is 5. The molecular weight excluding hydrogens is 1180 g/mol. The molecule has 5 rings (SSSR count). The summed E-state index contributed by atoms with van der Waals surface area (Å²) in [5, 5.41) is 3.05. The van der Waals surface area contributed by atoms with E-state index in [2.05, 4.69) is 26.1 Å². The number of hydrogen-bond donors (Lipinski definition) is 1. The highest BCUT2D eigenvalue weighted by Gasteiger charge is 2.54. The van der Waals surface area contributed by atoms with Gasteiger partial charge in [0.1, 0.15) is 43.1 Å². The van der Waals surface area contributed by atoms with Crippen LogP contribution in [0.5, 0.6) is 11.5 Å². The topological polar surface area (TPSA) is 171 Å². The Morgan fingerprint density at radius 2 is 0.902 bits per heavy atom. The van der Waals surface area contributed by atoms with Crippen molar-refractivity contribution < 1.29 is 65.4 Å². The molecule has 14 nitrogen and oxygen atoms in total. The summed E-state index contributed by atoms with van der Waals surface area (Å²) in [6.45, 7) is 5.51. The maximum Gasteiger partial charge on any atom is 0.588 e. The highest BCUT2D eigenvalue weighted by atomic mass is 31.2. The predicted molar refractivity (Wildman–Crippen MR) is 363 cm³/mol. The number of carbonyl (C=O) groups excluding carboxylic acids is 4. The molecule has 4 aromatic rings. The molecule has 512 valence electrons. The monoisotopic (exact) mass is 1300 g/mol. The summed E-state index contributed by atoms with van der Waals surface area (Å²) >= 11 is 0. The third-order valence-electron chi connectivity index (χ3n) is 17.0. The lowest BCUT2D eigenvalue weighted by molar-refractivity contribution is -0.207. The molecule has 1 N–H and O–H groups in total. The number of hydrogen-bond acceptors (Lipinski definition) is 13. The Balaban J connectivity index is 1.47. The van der Waals surface area contributed by atoms with Gasteiger partial charge in [-0.05, 0) is 61.1 Å². The first-order chi connectivity index (χ1) is 45.0. The Kier molecular flexibility index (Phi) is 40.4. The number of phosphoric acid groups is 1. The second-order valence-electron chi connectivity index (χ2n) is 25.0. The van der Waals surface area contributed by atoms with Gasteiger partial charge in [0.05, 0.1) is 44.1 Å². The van der Waals surface area contributed by atoms with Crippen molar-refractivity contribution in [3.63, 3.8) is 0 Å². The van der Waals surface area contributed by atoms with Crippen LogP contribution >= 0.6 is 7.82 Å². The van der Waals surface area contributed by atoms with Crippen molar-refractivity contribution in [1.29, 1.82) is 0 Å². The number of nitrogens with one attached hydrogen (secondary N) is 1. The van der Waals surface area contributed by atoms with E-state index in [1.54, 1.807) is 72.8 Å². The number of rotatable bonds is 53. The molecule has 0 aromatic heterocycles. The number of carbonyl (C=O) groups is 4. The number of halogens is 1. The van der Waals surface area contributed by atoms with E-state index in [-0.39, 0.29) is 37.6 Å². The van der Waals surface area contributed by atoms with Gasteiger partial charge in [0.25, 0.3) is 0 Å². The number of phosphoric ester groups is 1. The van der Waals surface area contributed by atoms with E-state index < -0.39 is 93.8 Å². The minimum Gasteiger partial charge on any atom is -0.462 e. The highest BCUT2D eigenvalue weighted by Crippen LogP contribution is 2.52. The molecule has 4 aromatic carbocycles. The molecule has 0 spiro atoms. The van der Waals surface area contributed by atoms with Crippen molar-refractivity contribution in [1.82, 2.24) is 5.32 Å². The molecule has 16 heteroatoms. The molecule has 1 fully saturated rings. The smallest absolute Gasteiger partial charge is 0.462 e. The molecule has 0 unspecified atom stereocenters. The van der Waals surface area contributed by atoms with Gasteiger partial charge in [-0.25, -0.2) is 8.96 Å².